The first kappa shape index (κ1) is 23.2. The van der Waals surface area contributed by atoms with Crippen LogP contribution in [0.2, 0.25) is 0 Å². The number of fused-ring (bicyclic) bond motifs is 2. The van der Waals surface area contributed by atoms with E-state index >= 15 is 0 Å². The molecule has 2 heterocycles. The number of aliphatic hydroxyl groups excluding tert-OH is 1. The summed E-state index contributed by atoms with van der Waals surface area (Å²) in [5.41, 5.74) is 2.28. The fourth-order valence-corrected chi connectivity index (χ4v) is 5.57. The molecule has 3 atom stereocenters. The zero-order valence-corrected chi connectivity index (χ0v) is 20.8. The largest absolute Gasteiger partial charge is 0.491 e. The summed E-state index contributed by atoms with van der Waals surface area (Å²) in [7, 11) is 0. The third-order valence-corrected chi connectivity index (χ3v) is 7.69. The lowest BCUT2D eigenvalue weighted by molar-refractivity contribution is 0.0302. The second-order valence-electron chi connectivity index (χ2n) is 9.23. The van der Waals surface area contributed by atoms with Crippen LogP contribution in [0.25, 0.3) is 21.0 Å². The molecular weight excluding hydrogens is 442 g/mol. The summed E-state index contributed by atoms with van der Waals surface area (Å²) in [4.78, 5) is 9.28. The summed E-state index contributed by atoms with van der Waals surface area (Å²) in [6, 6.07) is 21.8. The van der Waals surface area contributed by atoms with Crippen molar-refractivity contribution in [3.63, 3.8) is 0 Å². The average molecular weight is 475 g/mol. The second kappa shape index (κ2) is 10.0. The molecule has 0 spiro atoms. The molecule has 0 amide bonds. The summed E-state index contributed by atoms with van der Waals surface area (Å²) >= 11 is 1.68. The van der Waals surface area contributed by atoms with Crippen molar-refractivity contribution in [3.05, 3.63) is 77.8 Å². The number of hydrogen-bond donors (Lipinski definition) is 1. The molecule has 5 nitrogen and oxygen atoms in total. The minimum Gasteiger partial charge on any atom is -0.491 e. The highest BCUT2D eigenvalue weighted by Crippen LogP contribution is 2.29. The van der Waals surface area contributed by atoms with Crippen molar-refractivity contribution in [3.8, 4) is 5.75 Å². The number of rotatable bonds is 7. The fourth-order valence-electron chi connectivity index (χ4n) is 4.76. The molecule has 34 heavy (non-hydrogen) atoms. The summed E-state index contributed by atoms with van der Waals surface area (Å²) < 4.78 is 7.04. The van der Waals surface area contributed by atoms with Crippen LogP contribution < -0.4 is 4.74 Å². The van der Waals surface area contributed by atoms with Crippen LogP contribution in [0.5, 0.6) is 5.75 Å². The molecule has 1 aliphatic heterocycles. The van der Waals surface area contributed by atoms with Gasteiger partial charge in [0.2, 0.25) is 0 Å². The maximum absolute atomic E-state index is 10.6. The second-order valence-corrected chi connectivity index (χ2v) is 10.5. The Balaban J connectivity index is 1.14. The molecule has 0 bridgehead atoms. The number of nitrogens with zero attached hydrogens (tertiary/aromatic N) is 3. The molecule has 1 aliphatic rings. The average Bonchev–Trinajstić information content (AvgIpc) is 3.22. The molecule has 0 saturated carbocycles. The summed E-state index contributed by atoms with van der Waals surface area (Å²) in [5, 5.41) is 14.3. The topological polar surface area (TPSA) is 48.8 Å². The van der Waals surface area contributed by atoms with E-state index in [1.165, 1.54) is 16.3 Å². The van der Waals surface area contributed by atoms with E-state index in [0.29, 0.717) is 12.6 Å². The van der Waals surface area contributed by atoms with Gasteiger partial charge in [0.05, 0.1) is 15.2 Å². The van der Waals surface area contributed by atoms with Crippen molar-refractivity contribution in [2.75, 3.05) is 26.2 Å². The minimum absolute atomic E-state index is 0.251. The third-order valence-electron chi connectivity index (χ3n) is 6.74. The maximum atomic E-state index is 10.6. The Morgan fingerprint density at radius 2 is 1.91 bits per heavy atom. The smallest absolute Gasteiger partial charge is 0.121 e. The first-order valence-electron chi connectivity index (χ1n) is 12.0. The van der Waals surface area contributed by atoms with Crippen molar-refractivity contribution in [1.82, 2.24) is 14.8 Å². The highest BCUT2D eigenvalue weighted by Gasteiger charge is 2.29. The molecule has 1 radical (unpaired) electrons. The zero-order chi connectivity index (χ0) is 23.7. The van der Waals surface area contributed by atoms with Crippen LogP contribution in [0.4, 0.5) is 0 Å². The Kier molecular flexibility index (Phi) is 6.84. The van der Waals surface area contributed by atoms with E-state index in [2.05, 4.69) is 77.6 Å². The van der Waals surface area contributed by atoms with Crippen LogP contribution in [-0.4, -0.2) is 58.3 Å². The van der Waals surface area contributed by atoms with Crippen LogP contribution >= 0.6 is 11.3 Å². The van der Waals surface area contributed by atoms with E-state index in [4.69, 9.17) is 4.74 Å². The van der Waals surface area contributed by atoms with E-state index in [0.717, 1.165) is 34.1 Å². The number of aliphatic hydroxyl groups is 1. The van der Waals surface area contributed by atoms with E-state index < -0.39 is 6.10 Å². The Bertz CT molecular complexity index is 1270. The molecule has 5 rings (SSSR count). The standard InChI is InChI=1S/C28H32N3O2S/c1-19-16-31(20(2)23-9-8-22-6-4-5-7-24(22)14-23)13-12-30(19)17-25(32)18-33-26-10-11-28-27(15-26)29-21(3)34-28/h4-11,14-16,19-20,25,32H,12-13,17-18H2,1-3H3/t19-,20+,25+/m0/s1. The number of β-amino-alcohol motifs (C(OH)–C–C–N with tert-alkyl or cyclic N) is 1. The van der Waals surface area contributed by atoms with Gasteiger partial charge in [0.25, 0.3) is 0 Å². The van der Waals surface area contributed by atoms with E-state index in [9.17, 15) is 5.11 Å². The van der Waals surface area contributed by atoms with Crippen molar-refractivity contribution < 1.29 is 9.84 Å². The highest BCUT2D eigenvalue weighted by atomic mass is 32.1. The maximum Gasteiger partial charge on any atom is 0.121 e. The molecule has 4 aromatic rings. The van der Waals surface area contributed by atoms with E-state index in [1.54, 1.807) is 11.3 Å². The molecule has 1 fully saturated rings. The lowest BCUT2D eigenvalue weighted by Gasteiger charge is -2.42. The number of ether oxygens (including phenoxy) is 1. The summed E-state index contributed by atoms with van der Waals surface area (Å²) in [5.74, 6) is 0.755. The van der Waals surface area contributed by atoms with Gasteiger partial charge in [-0.25, -0.2) is 4.98 Å². The van der Waals surface area contributed by atoms with Crippen LogP contribution in [0, 0.1) is 13.5 Å². The summed E-state index contributed by atoms with van der Waals surface area (Å²) in [6.07, 6.45) is -0.548. The molecule has 6 heteroatoms. The molecule has 0 aliphatic carbocycles. The van der Waals surface area contributed by atoms with Gasteiger partial charge in [-0.1, -0.05) is 36.4 Å². The van der Waals surface area contributed by atoms with Gasteiger partial charge in [-0.15, -0.1) is 11.3 Å². The van der Waals surface area contributed by atoms with Crippen molar-refractivity contribution >= 4 is 32.3 Å². The van der Waals surface area contributed by atoms with Gasteiger partial charge in [0.15, 0.2) is 0 Å². The van der Waals surface area contributed by atoms with Gasteiger partial charge >= 0.3 is 0 Å². The zero-order valence-electron chi connectivity index (χ0n) is 20.0. The number of piperazine rings is 1. The molecular formula is C28H32N3O2S. The van der Waals surface area contributed by atoms with E-state index in [1.807, 2.05) is 25.1 Å². The molecule has 1 saturated heterocycles. The monoisotopic (exact) mass is 474 g/mol. The molecule has 0 unspecified atom stereocenters. The van der Waals surface area contributed by atoms with E-state index in [-0.39, 0.29) is 12.6 Å². The van der Waals surface area contributed by atoms with Crippen LogP contribution in [0.1, 0.15) is 30.5 Å². The van der Waals surface area contributed by atoms with Crippen LogP contribution in [-0.2, 0) is 0 Å². The molecule has 1 N–H and O–H groups in total. The van der Waals surface area contributed by atoms with Crippen molar-refractivity contribution in [2.24, 2.45) is 0 Å². The Hall–Kier alpha value is -2.51. The SMILES string of the molecule is Cc1nc2cc(OC[C@H](O)CN3CCN([C@H](C)c4ccc5ccccc5c4)[CH][C@@H]3C)ccc2s1. The number of thiazole rings is 1. The summed E-state index contributed by atoms with van der Waals surface area (Å²) in [6.45, 7) is 11.5. The predicted molar refractivity (Wildman–Crippen MR) is 140 cm³/mol. The minimum atomic E-state index is -0.548. The number of hydrogen-bond acceptors (Lipinski definition) is 6. The highest BCUT2D eigenvalue weighted by molar-refractivity contribution is 7.18. The van der Waals surface area contributed by atoms with Gasteiger partial charge < -0.3 is 9.84 Å². The first-order chi connectivity index (χ1) is 16.5. The lowest BCUT2D eigenvalue weighted by Crippen LogP contribution is -2.51. The van der Waals surface area contributed by atoms with Crippen LogP contribution in [0.3, 0.4) is 0 Å². The Morgan fingerprint density at radius 1 is 1.09 bits per heavy atom. The van der Waals surface area contributed by atoms with Gasteiger partial charge in [-0.05, 0) is 55.3 Å². The quantitative estimate of drug-likeness (QED) is 0.387. The van der Waals surface area contributed by atoms with Gasteiger partial charge in [0.1, 0.15) is 18.5 Å². The van der Waals surface area contributed by atoms with Crippen molar-refractivity contribution in [1.29, 1.82) is 0 Å². The van der Waals surface area contributed by atoms with Gasteiger partial charge in [0, 0.05) is 44.3 Å². The van der Waals surface area contributed by atoms with Gasteiger partial charge in [-0.3, -0.25) is 9.80 Å². The lowest BCUT2D eigenvalue weighted by atomic mass is 10.0. The first-order valence-corrected chi connectivity index (χ1v) is 12.8. The van der Waals surface area contributed by atoms with Crippen molar-refractivity contribution in [2.45, 2.75) is 39.0 Å². The Labute approximate surface area is 205 Å². The number of aryl methyl sites for hydroxylation is 1. The third kappa shape index (κ3) is 5.10. The molecule has 177 valence electrons. The normalized spacial score (nSPS) is 19.5. The van der Waals surface area contributed by atoms with Crippen LogP contribution in [0.15, 0.2) is 60.7 Å². The fraction of sp³-hybridized carbons (Fsp3) is 0.357. The molecule has 3 aromatic carbocycles. The van der Waals surface area contributed by atoms with Gasteiger partial charge in [-0.2, -0.15) is 0 Å². The number of benzene rings is 3. The number of aromatic nitrogens is 1. The predicted octanol–water partition coefficient (Wildman–Crippen LogP) is 5.43. The Morgan fingerprint density at radius 3 is 2.74 bits per heavy atom. The molecule has 1 aromatic heterocycles.